The summed E-state index contributed by atoms with van der Waals surface area (Å²) in [7, 11) is 0. The molecule has 0 saturated heterocycles. The predicted molar refractivity (Wildman–Crippen MR) is 128 cm³/mol. The van der Waals surface area contributed by atoms with Gasteiger partial charge >= 0.3 is 0 Å². The number of fused-ring (bicyclic) bond motifs is 1. The molecule has 0 N–H and O–H groups in total. The van der Waals surface area contributed by atoms with Crippen molar-refractivity contribution < 1.29 is 0 Å². The minimum absolute atomic E-state index is 0.716. The van der Waals surface area contributed by atoms with Crippen molar-refractivity contribution >= 4 is 34.7 Å². The van der Waals surface area contributed by atoms with E-state index in [1.54, 1.807) is 5.57 Å². The van der Waals surface area contributed by atoms with Crippen LogP contribution in [0.15, 0.2) is 66.2 Å². The van der Waals surface area contributed by atoms with E-state index in [-0.39, 0.29) is 0 Å². The Morgan fingerprint density at radius 3 is 2.66 bits per heavy atom. The highest BCUT2D eigenvalue weighted by Gasteiger charge is 2.02. The average Bonchev–Trinajstić information content (AvgIpc) is 2.71. The Labute approximate surface area is 180 Å². The molecule has 1 nitrogen and oxygen atoms in total. The summed E-state index contributed by atoms with van der Waals surface area (Å²) < 4.78 is 0. The van der Waals surface area contributed by atoms with Gasteiger partial charge < -0.3 is 0 Å². The summed E-state index contributed by atoms with van der Waals surface area (Å²) in [6.45, 7) is 6.74. The van der Waals surface area contributed by atoms with Crippen LogP contribution < -0.4 is 0 Å². The Hall–Kier alpha value is -2.38. The minimum atomic E-state index is 0.716. The molecule has 150 valence electrons. The summed E-state index contributed by atoms with van der Waals surface area (Å²) in [5.74, 6) is 0.731. The lowest BCUT2D eigenvalue weighted by Crippen LogP contribution is -1.94. The van der Waals surface area contributed by atoms with Crippen molar-refractivity contribution in [2.24, 2.45) is 5.92 Å². The van der Waals surface area contributed by atoms with Gasteiger partial charge in [-0.1, -0.05) is 79.6 Å². The molecule has 0 spiro atoms. The predicted octanol–water partition coefficient (Wildman–Crippen LogP) is 8.37. The Morgan fingerprint density at radius 2 is 1.86 bits per heavy atom. The topological polar surface area (TPSA) is 12.9 Å². The molecule has 0 unspecified atom stereocenters. The summed E-state index contributed by atoms with van der Waals surface area (Å²) in [4.78, 5) is 4.70. The summed E-state index contributed by atoms with van der Waals surface area (Å²) in [6.07, 6.45) is 11.2. The number of pyridine rings is 1. The lowest BCUT2D eigenvalue weighted by Gasteiger charge is -2.10. The Balaban J connectivity index is 1.63. The zero-order valence-corrected chi connectivity index (χ0v) is 18.4. The van der Waals surface area contributed by atoms with E-state index in [0.29, 0.717) is 5.02 Å². The number of hydrogen-bond acceptors (Lipinski definition) is 1. The van der Waals surface area contributed by atoms with Crippen LogP contribution >= 0.6 is 11.6 Å². The van der Waals surface area contributed by atoms with E-state index in [0.717, 1.165) is 28.9 Å². The van der Waals surface area contributed by atoms with Crippen LogP contribution in [0.4, 0.5) is 0 Å². The molecule has 0 aliphatic carbocycles. The SMILES string of the molecule is C/C=C(/CCCc1cccc(/C=C/c2ccc3ccc(Cl)cc3n2)c1)CC(C)C. The summed E-state index contributed by atoms with van der Waals surface area (Å²) in [6, 6.07) is 18.7. The van der Waals surface area contributed by atoms with Gasteiger partial charge in [0.2, 0.25) is 0 Å². The van der Waals surface area contributed by atoms with Crippen LogP contribution in [-0.4, -0.2) is 4.98 Å². The third-order valence-electron chi connectivity index (χ3n) is 5.12. The fourth-order valence-corrected chi connectivity index (χ4v) is 3.81. The zero-order valence-electron chi connectivity index (χ0n) is 17.7. The van der Waals surface area contributed by atoms with E-state index in [9.17, 15) is 0 Å². The number of aromatic nitrogens is 1. The normalized spacial score (nSPS) is 12.4. The number of allylic oxidation sites excluding steroid dienone is 2. The molecule has 2 aromatic carbocycles. The van der Waals surface area contributed by atoms with Crippen molar-refractivity contribution in [1.29, 1.82) is 0 Å². The third-order valence-corrected chi connectivity index (χ3v) is 5.35. The van der Waals surface area contributed by atoms with Crippen LogP contribution in [0.1, 0.15) is 56.9 Å². The maximum Gasteiger partial charge on any atom is 0.0724 e. The van der Waals surface area contributed by atoms with Gasteiger partial charge in [-0.15, -0.1) is 0 Å². The number of rotatable bonds is 8. The van der Waals surface area contributed by atoms with Crippen LogP contribution in [0, 0.1) is 5.92 Å². The van der Waals surface area contributed by atoms with Gasteiger partial charge in [0.15, 0.2) is 0 Å². The van der Waals surface area contributed by atoms with Crippen LogP contribution in [0.3, 0.4) is 0 Å². The van der Waals surface area contributed by atoms with Crippen LogP contribution in [-0.2, 0) is 6.42 Å². The van der Waals surface area contributed by atoms with Crippen molar-refractivity contribution in [3.63, 3.8) is 0 Å². The molecule has 0 atom stereocenters. The van der Waals surface area contributed by atoms with Gasteiger partial charge in [-0.2, -0.15) is 0 Å². The molecule has 3 aromatic rings. The molecule has 0 saturated carbocycles. The highest BCUT2D eigenvalue weighted by atomic mass is 35.5. The lowest BCUT2D eigenvalue weighted by molar-refractivity contribution is 0.615. The van der Waals surface area contributed by atoms with E-state index < -0.39 is 0 Å². The first-order valence-corrected chi connectivity index (χ1v) is 10.9. The fourth-order valence-electron chi connectivity index (χ4n) is 3.64. The molecule has 1 aromatic heterocycles. The van der Waals surface area contributed by atoms with Gasteiger partial charge in [0.05, 0.1) is 11.2 Å². The molecule has 0 amide bonds. The van der Waals surface area contributed by atoms with Gasteiger partial charge in [0, 0.05) is 10.4 Å². The first kappa shape index (κ1) is 21.3. The van der Waals surface area contributed by atoms with Gasteiger partial charge in [-0.25, -0.2) is 4.98 Å². The molecule has 29 heavy (non-hydrogen) atoms. The van der Waals surface area contributed by atoms with Crippen LogP contribution in [0.25, 0.3) is 23.1 Å². The highest BCUT2D eigenvalue weighted by Crippen LogP contribution is 2.20. The Morgan fingerprint density at radius 1 is 1.03 bits per heavy atom. The van der Waals surface area contributed by atoms with Crippen molar-refractivity contribution in [3.05, 3.63) is 88.1 Å². The molecular formula is C27H30ClN. The van der Waals surface area contributed by atoms with E-state index in [1.807, 2.05) is 24.3 Å². The first-order valence-electron chi connectivity index (χ1n) is 10.5. The molecule has 0 radical (unpaired) electrons. The maximum atomic E-state index is 6.09. The molecule has 0 bridgehead atoms. The van der Waals surface area contributed by atoms with Crippen LogP contribution in [0.2, 0.25) is 5.02 Å². The van der Waals surface area contributed by atoms with Crippen LogP contribution in [0.5, 0.6) is 0 Å². The summed E-state index contributed by atoms with van der Waals surface area (Å²) >= 11 is 6.09. The monoisotopic (exact) mass is 403 g/mol. The molecule has 0 fully saturated rings. The number of halogens is 1. The first-order chi connectivity index (χ1) is 14.0. The van der Waals surface area contributed by atoms with Crippen molar-refractivity contribution in [2.75, 3.05) is 0 Å². The highest BCUT2D eigenvalue weighted by molar-refractivity contribution is 6.31. The third kappa shape index (κ3) is 6.58. The van der Waals surface area contributed by atoms with E-state index in [2.05, 4.69) is 69.3 Å². The van der Waals surface area contributed by atoms with Crippen molar-refractivity contribution in [1.82, 2.24) is 4.98 Å². The van der Waals surface area contributed by atoms with Crippen molar-refractivity contribution in [2.45, 2.75) is 46.5 Å². The maximum absolute atomic E-state index is 6.09. The lowest BCUT2D eigenvalue weighted by atomic mass is 9.96. The van der Waals surface area contributed by atoms with Gasteiger partial charge in [-0.3, -0.25) is 0 Å². The Bertz CT molecular complexity index is 1010. The number of aryl methyl sites for hydroxylation is 1. The number of benzene rings is 2. The Kier molecular flexibility index (Phi) is 7.66. The van der Waals surface area contributed by atoms with E-state index in [1.165, 1.54) is 30.4 Å². The van der Waals surface area contributed by atoms with Gasteiger partial charge in [0.25, 0.3) is 0 Å². The minimum Gasteiger partial charge on any atom is -0.248 e. The molecule has 1 heterocycles. The average molecular weight is 404 g/mol. The van der Waals surface area contributed by atoms with Gasteiger partial charge in [-0.05, 0) is 73.9 Å². The van der Waals surface area contributed by atoms with E-state index >= 15 is 0 Å². The molecule has 2 heteroatoms. The second-order valence-corrected chi connectivity index (χ2v) is 8.49. The molecule has 0 aliphatic heterocycles. The second kappa shape index (κ2) is 10.4. The second-order valence-electron chi connectivity index (χ2n) is 8.05. The zero-order chi connectivity index (χ0) is 20.6. The molecular weight excluding hydrogens is 374 g/mol. The van der Waals surface area contributed by atoms with Crippen molar-refractivity contribution in [3.8, 4) is 0 Å². The quantitative estimate of drug-likeness (QED) is 0.344. The van der Waals surface area contributed by atoms with Gasteiger partial charge in [0.1, 0.15) is 0 Å². The summed E-state index contributed by atoms with van der Waals surface area (Å²) in [5, 5.41) is 1.82. The summed E-state index contributed by atoms with van der Waals surface area (Å²) in [5.41, 5.74) is 6.05. The number of hydrogen-bond donors (Lipinski definition) is 0. The smallest absolute Gasteiger partial charge is 0.0724 e. The fraction of sp³-hybridized carbons (Fsp3) is 0.296. The molecule has 3 rings (SSSR count). The number of nitrogens with zero attached hydrogens (tertiary/aromatic N) is 1. The molecule has 0 aliphatic rings. The van der Waals surface area contributed by atoms with E-state index in [4.69, 9.17) is 16.6 Å². The standard InChI is InChI=1S/C27H30ClN/c1-4-21(17-20(2)3)7-5-8-22-9-6-10-23(18-22)11-15-26-16-13-24-12-14-25(28)19-27(24)29-26/h4,6,9-16,18-20H,5,7-8,17H2,1-3H3/b15-11+,21-4-. The largest absolute Gasteiger partial charge is 0.248 e.